The summed E-state index contributed by atoms with van der Waals surface area (Å²) in [6, 6.07) is 17.6. The molecule has 0 spiro atoms. The van der Waals surface area contributed by atoms with Gasteiger partial charge in [0.15, 0.2) is 11.5 Å². The molecule has 38 heavy (non-hydrogen) atoms. The molecule has 0 radical (unpaired) electrons. The van der Waals surface area contributed by atoms with Crippen molar-refractivity contribution in [3.05, 3.63) is 88.0 Å². The predicted molar refractivity (Wildman–Crippen MR) is 148 cm³/mol. The molecule has 0 aromatic heterocycles. The number of benzene rings is 3. The van der Waals surface area contributed by atoms with E-state index in [-0.39, 0.29) is 11.1 Å². The van der Waals surface area contributed by atoms with E-state index in [0.717, 1.165) is 52.3 Å². The van der Waals surface area contributed by atoms with Crippen LogP contribution in [-0.4, -0.2) is 36.5 Å². The molecule has 0 atom stereocenters. The summed E-state index contributed by atoms with van der Waals surface area (Å²) in [6.45, 7) is 11.4. The molecule has 6 nitrogen and oxygen atoms in total. The van der Waals surface area contributed by atoms with E-state index in [0.29, 0.717) is 24.5 Å². The molecular formula is C32H35NO5. The highest BCUT2D eigenvalue weighted by Gasteiger charge is 2.40. The maximum Gasteiger partial charge on any atom is 0.341 e. The number of carbonyl (C=O) groups excluding carboxylic acids is 1. The Hall–Kier alpha value is -3.80. The molecule has 0 unspecified atom stereocenters. The Kier molecular flexibility index (Phi) is 6.68. The molecule has 3 aromatic rings. The van der Waals surface area contributed by atoms with Crippen molar-refractivity contribution < 1.29 is 23.7 Å². The molecule has 2 heterocycles. The number of aliphatic imine (C=N–C) groups is 1. The van der Waals surface area contributed by atoms with Gasteiger partial charge in [-0.1, -0.05) is 36.4 Å². The quantitative estimate of drug-likeness (QED) is 0.345. The van der Waals surface area contributed by atoms with Crippen molar-refractivity contribution in [2.45, 2.75) is 65.2 Å². The second-order valence-corrected chi connectivity index (χ2v) is 11.1. The molecule has 0 bridgehead atoms. The van der Waals surface area contributed by atoms with Crippen molar-refractivity contribution in [2.75, 3.05) is 13.7 Å². The van der Waals surface area contributed by atoms with Crippen LogP contribution in [-0.2, 0) is 24.2 Å². The summed E-state index contributed by atoms with van der Waals surface area (Å²) in [7, 11) is 1.38. The van der Waals surface area contributed by atoms with Crippen LogP contribution in [0.15, 0.2) is 59.6 Å². The lowest BCUT2D eigenvalue weighted by Gasteiger charge is -2.31. The van der Waals surface area contributed by atoms with Crippen molar-refractivity contribution in [1.82, 2.24) is 0 Å². The SMILES string of the molecule is CCOc1cc2c(c3c1OC(C)(C)C3)C(c1ccc(C(=O)OC)c(OCc3ccccc3)c1)=NC(C)(C)C2. The second kappa shape index (κ2) is 9.82. The van der Waals surface area contributed by atoms with Crippen molar-refractivity contribution in [3.63, 3.8) is 0 Å². The van der Waals surface area contributed by atoms with Gasteiger partial charge in [-0.15, -0.1) is 0 Å². The van der Waals surface area contributed by atoms with Crippen molar-refractivity contribution >= 4 is 11.7 Å². The van der Waals surface area contributed by atoms with Gasteiger partial charge in [-0.2, -0.15) is 0 Å². The lowest BCUT2D eigenvalue weighted by atomic mass is 9.81. The van der Waals surface area contributed by atoms with E-state index in [9.17, 15) is 4.79 Å². The number of hydrogen-bond donors (Lipinski definition) is 0. The van der Waals surface area contributed by atoms with Gasteiger partial charge in [-0.25, -0.2) is 4.79 Å². The Morgan fingerprint density at radius 1 is 0.974 bits per heavy atom. The summed E-state index contributed by atoms with van der Waals surface area (Å²) in [4.78, 5) is 17.8. The van der Waals surface area contributed by atoms with E-state index >= 15 is 0 Å². The minimum Gasteiger partial charge on any atom is -0.490 e. The van der Waals surface area contributed by atoms with E-state index in [1.54, 1.807) is 6.07 Å². The minimum absolute atomic E-state index is 0.318. The van der Waals surface area contributed by atoms with E-state index in [1.807, 2.05) is 49.4 Å². The van der Waals surface area contributed by atoms with E-state index in [4.69, 9.17) is 23.9 Å². The van der Waals surface area contributed by atoms with Crippen LogP contribution in [0.5, 0.6) is 17.2 Å². The molecule has 2 aliphatic rings. The summed E-state index contributed by atoms with van der Waals surface area (Å²) >= 11 is 0. The normalized spacial score (nSPS) is 16.5. The first-order valence-corrected chi connectivity index (χ1v) is 13.1. The average molecular weight is 514 g/mol. The Labute approximate surface area is 224 Å². The van der Waals surface area contributed by atoms with Gasteiger partial charge >= 0.3 is 5.97 Å². The molecule has 5 rings (SSSR count). The third kappa shape index (κ3) is 5.00. The Morgan fingerprint density at radius 3 is 2.45 bits per heavy atom. The van der Waals surface area contributed by atoms with Gasteiger partial charge < -0.3 is 18.9 Å². The molecule has 198 valence electrons. The Balaban J connectivity index is 1.64. The van der Waals surface area contributed by atoms with Gasteiger partial charge in [0, 0.05) is 23.1 Å². The predicted octanol–water partition coefficient (Wildman–Crippen LogP) is 6.34. The first-order valence-electron chi connectivity index (χ1n) is 13.1. The summed E-state index contributed by atoms with van der Waals surface area (Å²) in [6.07, 6.45) is 1.54. The summed E-state index contributed by atoms with van der Waals surface area (Å²) in [5.41, 5.74) is 5.87. The zero-order valence-electron chi connectivity index (χ0n) is 23.0. The largest absolute Gasteiger partial charge is 0.490 e. The molecule has 0 saturated heterocycles. The van der Waals surface area contributed by atoms with Gasteiger partial charge in [0.2, 0.25) is 0 Å². The van der Waals surface area contributed by atoms with Crippen LogP contribution in [0.3, 0.4) is 0 Å². The fourth-order valence-corrected chi connectivity index (χ4v) is 5.34. The Bertz CT molecular complexity index is 1410. The number of fused-ring (bicyclic) bond motifs is 3. The summed E-state index contributed by atoms with van der Waals surface area (Å²) in [5, 5.41) is 0. The van der Waals surface area contributed by atoms with Gasteiger partial charge in [0.1, 0.15) is 23.5 Å². The van der Waals surface area contributed by atoms with Gasteiger partial charge in [0.05, 0.1) is 25.0 Å². The van der Waals surface area contributed by atoms with E-state index < -0.39 is 5.97 Å². The van der Waals surface area contributed by atoms with Crippen molar-refractivity contribution in [2.24, 2.45) is 4.99 Å². The number of methoxy groups -OCH3 is 1. The van der Waals surface area contributed by atoms with Crippen molar-refractivity contribution in [1.29, 1.82) is 0 Å². The van der Waals surface area contributed by atoms with Crippen LogP contribution in [0.4, 0.5) is 0 Å². The van der Waals surface area contributed by atoms with Crippen LogP contribution >= 0.6 is 0 Å². The lowest BCUT2D eigenvalue weighted by Crippen LogP contribution is -2.30. The molecule has 2 aliphatic heterocycles. The summed E-state index contributed by atoms with van der Waals surface area (Å²) in [5.74, 6) is 1.61. The number of hydrogen-bond acceptors (Lipinski definition) is 6. The Morgan fingerprint density at radius 2 is 1.74 bits per heavy atom. The molecular weight excluding hydrogens is 478 g/mol. The lowest BCUT2D eigenvalue weighted by molar-refractivity contribution is 0.0595. The highest BCUT2D eigenvalue weighted by Crippen LogP contribution is 2.48. The molecule has 0 aliphatic carbocycles. The maximum atomic E-state index is 12.6. The number of carbonyl (C=O) groups is 1. The zero-order chi connectivity index (χ0) is 27.1. The maximum absolute atomic E-state index is 12.6. The van der Waals surface area contributed by atoms with Crippen LogP contribution in [0.2, 0.25) is 0 Å². The van der Waals surface area contributed by atoms with Gasteiger partial charge in [-0.05, 0) is 70.4 Å². The fourth-order valence-electron chi connectivity index (χ4n) is 5.34. The van der Waals surface area contributed by atoms with Crippen LogP contribution in [0, 0.1) is 0 Å². The van der Waals surface area contributed by atoms with Crippen LogP contribution in [0.25, 0.3) is 0 Å². The van der Waals surface area contributed by atoms with Crippen LogP contribution in [0.1, 0.15) is 72.8 Å². The smallest absolute Gasteiger partial charge is 0.341 e. The highest BCUT2D eigenvalue weighted by atomic mass is 16.5. The molecule has 0 fully saturated rings. The van der Waals surface area contributed by atoms with E-state index in [1.165, 1.54) is 12.7 Å². The third-order valence-corrected chi connectivity index (χ3v) is 6.88. The fraction of sp³-hybridized carbons (Fsp3) is 0.375. The number of esters is 1. The minimum atomic E-state index is -0.441. The van der Waals surface area contributed by atoms with E-state index in [2.05, 4.69) is 33.8 Å². The second-order valence-electron chi connectivity index (χ2n) is 11.1. The van der Waals surface area contributed by atoms with Crippen molar-refractivity contribution in [3.8, 4) is 17.2 Å². The molecule has 6 heteroatoms. The molecule has 0 saturated carbocycles. The monoisotopic (exact) mass is 513 g/mol. The van der Waals surface area contributed by atoms with Gasteiger partial charge in [-0.3, -0.25) is 4.99 Å². The third-order valence-electron chi connectivity index (χ3n) is 6.88. The molecule has 3 aromatic carbocycles. The zero-order valence-corrected chi connectivity index (χ0v) is 23.0. The topological polar surface area (TPSA) is 66.4 Å². The first kappa shape index (κ1) is 25.8. The summed E-state index contributed by atoms with van der Waals surface area (Å²) < 4.78 is 23.7. The number of nitrogens with zero attached hydrogens (tertiary/aromatic N) is 1. The standard InChI is InChI=1S/C32H35NO5/c1-7-36-26-16-22-17-31(2,3)33-28(27(22)24-18-32(4,5)38-29(24)26)21-13-14-23(30(34)35-6)25(15-21)37-19-20-11-9-8-10-12-20/h8-16H,7,17-19H2,1-6H3. The first-order chi connectivity index (χ1) is 18.1. The van der Waals surface area contributed by atoms with Crippen LogP contribution < -0.4 is 14.2 Å². The molecule has 0 N–H and O–H groups in total. The number of rotatable bonds is 7. The highest BCUT2D eigenvalue weighted by molar-refractivity contribution is 6.16. The average Bonchev–Trinajstić information content (AvgIpc) is 3.21. The molecule has 0 amide bonds. The number of ether oxygens (including phenoxy) is 4. The van der Waals surface area contributed by atoms with Gasteiger partial charge in [0.25, 0.3) is 0 Å².